The number of hydrogen-bond donors (Lipinski definition) is 0. The highest BCUT2D eigenvalue weighted by atomic mass is 32.2. The number of carbonyl (C=O) groups excluding carboxylic acids is 2. The summed E-state index contributed by atoms with van der Waals surface area (Å²) in [6.07, 6.45) is 6.34. The Labute approximate surface area is 143 Å². The lowest BCUT2D eigenvalue weighted by Crippen LogP contribution is -2.42. The van der Waals surface area contributed by atoms with E-state index >= 15 is 0 Å². The van der Waals surface area contributed by atoms with Crippen LogP contribution >= 0.6 is 11.8 Å². The fourth-order valence-electron chi connectivity index (χ4n) is 2.92. The Kier molecular flexibility index (Phi) is 7.15. The van der Waals surface area contributed by atoms with Crippen LogP contribution < -0.4 is 4.90 Å². The second-order valence-electron chi connectivity index (χ2n) is 6.12. The number of amides is 1. The predicted molar refractivity (Wildman–Crippen MR) is 97.1 cm³/mol. The van der Waals surface area contributed by atoms with Gasteiger partial charge in [0.15, 0.2) is 0 Å². The van der Waals surface area contributed by atoms with E-state index in [1.54, 1.807) is 11.8 Å². The first-order valence-electron chi connectivity index (χ1n) is 8.76. The summed E-state index contributed by atoms with van der Waals surface area (Å²) in [6, 6.07) is 8.06. The third-order valence-electron chi connectivity index (χ3n) is 4.14. The number of para-hydroxylation sites is 1. The van der Waals surface area contributed by atoms with E-state index in [1.807, 2.05) is 30.0 Å². The minimum atomic E-state index is -0.255. The maximum absolute atomic E-state index is 12.8. The van der Waals surface area contributed by atoms with E-state index < -0.39 is 0 Å². The largest absolute Gasteiger partial charge is 0.310 e. The average molecular weight is 333 g/mol. The van der Waals surface area contributed by atoms with E-state index in [-0.39, 0.29) is 16.9 Å². The minimum absolute atomic E-state index is 0.106. The Morgan fingerprint density at radius 1 is 1.13 bits per heavy atom. The molecule has 2 rings (SSSR count). The molecule has 0 bridgehead atoms. The van der Waals surface area contributed by atoms with Crippen LogP contribution in [0.1, 0.15) is 58.8 Å². The van der Waals surface area contributed by atoms with E-state index in [9.17, 15) is 9.59 Å². The molecule has 1 aliphatic rings. The van der Waals surface area contributed by atoms with Gasteiger partial charge in [0.05, 0.1) is 10.9 Å². The van der Waals surface area contributed by atoms with Gasteiger partial charge in [0.25, 0.3) is 0 Å². The van der Waals surface area contributed by atoms with Crippen molar-refractivity contribution in [1.82, 2.24) is 0 Å². The van der Waals surface area contributed by atoms with Crippen molar-refractivity contribution in [2.75, 3.05) is 11.4 Å². The molecule has 23 heavy (non-hydrogen) atoms. The number of Topliss-reactive ketones (excluding diaryl/α,β-unsaturated/α-hetero) is 1. The average Bonchev–Trinajstić information content (AvgIpc) is 2.54. The standard InChI is InChI=1S/C19H27NO2S/c1-3-5-6-9-13-20-16-11-7-8-12-17(16)23-18(19(20)22)14-15(21)10-4-2/h7-8,11-12,18H,3-6,9-10,13-14H2,1-2H3. The highest BCUT2D eigenvalue weighted by molar-refractivity contribution is 8.01. The molecule has 1 atom stereocenters. The molecule has 1 aromatic rings. The van der Waals surface area contributed by atoms with Crippen LogP contribution in [-0.2, 0) is 9.59 Å². The van der Waals surface area contributed by atoms with Crippen LogP contribution in [0.25, 0.3) is 0 Å². The van der Waals surface area contributed by atoms with E-state index in [4.69, 9.17) is 0 Å². The summed E-state index contributed by atoms with van der Waals surface area (Å²) in [5.41, 5.74) is 1.01. The van der Waals surface area contributed by atoms with Gasteiger partial charge in [-0.05, 0) is 25.0 Å². The molecule has 1 amide bonds. The molecular weight excluding hydrogens is 306 g/mol. The lowest BCUT2D eigenvalue weighted by molar-refractivity contribution is -0.123. The van der Waals surface area contributed by atoms with Crippen LogP contribution in [0.15, 0.2) is 29.2 Å². The molecule has 0 N–H and O–H groups in total. The van der Waals surface area contributed by atoms with Gasteiger partial charge < -0.3 is 4.90 Å². The summed E-state index contributed by atoms with van der Waals surface area (Å²) >= 11 is 1.55. The molecule has 1 aromatic carbocycles. The third-order valence-corrected chi connectivity index (χ3v) is 5.40. The summed E-state index contributed by atoms with van der Waals surface area (Å²) in [5.74, 6) is 0.304. The molecule has 3 nitrogen and oxygen atoms in total. The zero-order chi connectivity index (χ0) is 16.7. The smallest absolute Gasteiger partial charge is 0.240 e. The zero-order valence-electron chi connectivity index (χ0n) is 14.2. The molecule has 0 aliphatic carbocycles. The van der Waals surface area contributed by atoms with Crippen LogP contribution in [0, 0.1) is 0 Å². The Hall–Kier alpha value is -1.29. The molecule has 0 spiro atoms. The molecule has 0 saturated carbocycles. The molecule has 1 unspecified atom stereocenters. The first kappa shape index (κ1) is 18.1. The summed E-state index contributed by atoms with van der Waals surface area (Å²) in [4.78, 5) is 27.9. The van der Waals surface area contributed by atoms with Crippen molar-refractivity contribution < 1.29 is 9.59 Å². The van der Waals surface area contributed by atoms with Gasteiger partial charge in [-0.15, -0.1) is 11.8 Å². The number of unbranched alkanes of at least 4 members (excludes halogenated alkanes) is 3. The summed E-state index contributed by atoms with van der Waals surface area (Å²) in [5, 5.41) is -0.255. The van der Waals surface area contributed by atoms with Gasteiger partial charge in [-0.2, -0.15) is 0 Å². The molecule has 0 radical (unpaired) electrons. The lowest BCUT2D eigenvalue weighted by atomic mass is 10.1. The van der Waals surface area contributed by atoms with Crippen molar-refractivity contribution in [3.05, 3.63) is 24.3 Å². The predicted octanol–water partition coefficient (Wildman–Crippen LogP) is 4.83. The highest BCUT2D eigenvalue weighted by Gasteiger charge is 2.34. The van der Waals surface area contributed by atoms with Gasteiger partial charge in [0.2, 0.25) is 5.91 Å². The summed E-state index contributed by atoms with van der Waals surface area (Å²) in [6.45, 7) is 4.95. The zero-order valence-corrected chi connectivity index (χ0v) is 15.0. The first-order chi connectivity index (χ1) is 11.2. The van der Waals surface area contributed by atoms with Gasteiger partial charge in [0.1, 0.15) is 5.78 Å². The number of hydrogen-bond acceptors (Lipinski definition) is 3. The van der Waals surface area contributed by atoms with Gasteiger partial charge in [-0.3, -0.25) is 9.59 Å². The van der Waals surface area contributed by atoms with Crippen LogP contribution in [0.2, 0.25) is 0 Å². The number of ketones is 1. The molecule has 126 valence electrons. The Morgan fingerprint density at radius 2 is 1.91 bits per heavy atom. The molecule has 0 fully saturated rings. The topological polar surface area (TPSA) is 37.4 Å². The van der Waals surface area contributed by atoms with Crippen LogP contribution in [0.5, 0.6) is 0 Å². The molecular formula is C19H27NO2S. The number of carbonyl (C=O) groups is 2. The third kappa shape index (κ3) is 4.84. The minimum Gasteiger partial charge on any atom is -0.310 e. The van der Waals surface area contributed by atoms with Crippen LogP contribution in [0.4, 0.5) is 5.69 Å². The molecule has 1 heterocycles. The van der Waals surface area contributed by atoms with E-state index in [0.29, 0.717) is 12.8 Å². The van der Waals surface area contributed by atoms with E-state index in [2.05, 4.69) is 13.0 Å². The fraction of sp³-hybridized carbons (Fsp3) is 0.579. The molecule has 4 heteroatoms. The highest BCUT2D eigenvalue weighted by Crippen LogP contribution is 2.40. The number of benzene rings is 1. The van der Waals surface area contributed by atoms with Crippen molar-refractivity contribution in [3.63, 3.8) is 0 Å². The molecule has 0 saturated heterocycles. The van der Waals surface area contributed by atoms with Gasteiger partial charge in [0, 0.05) is 24.3 Å². The first-order valence-corrected chi connectivity index (χ1v) is 9.64. The molecule has 1 aliphatic heterocycles. The van der Waals surface area contributed by atoms with E-state index in [0.717, 1.165) is 36.4 Å². The van der Waals surface area contributed by atoms with Crippen molar-refractivity contribution in [2.24, 2.45) is 0 Å². The van der Waals surface area contributed by atoms with Crippen molar-refractivity contribution in [3.8, 4) is 0 Å². The number of rotatable bonds is 9. The van der Waals surface area contributed by atoms with Crippen LogP contribution in [0.3, 0.4) is 0 Å². The summed E-state index contributed by atoms with van der Waals surface area (Å²) in [7, 11) is 0. The van der Waals surface area contributed by atoms with Crippen molar-refractivity contribution in [1.29, 1.82) is 0 Å². The van der Waals surface area contributed by atoms with Crippen LogP contribution in [-0.4, -0.2) is 23.5 Å². The Morgan fingerprint density at radius 3 is 2.65 bits per heavy atom. The number of anilines is 1. The second kappa shape index (κ2) is 9.11. The van der Waals surface area contributed by atoms with Gasteiger partial charge >= 0.3 is 0 Å². The monoisotopic (exact) mass is 333 g/mol. The lowest BCUT2D eigenvalue weighted by Gasteiger charge is -2.33. The normalized spacial score (nSPS) is 17.2. The maximum Gasteiger partial charge on any atom is 0.240 e. The van der Waals surface area contributed by atoms with Crippen molar-refractivity contribution >= 4 is 29.1 Å². The number of fused-ring (bicyclic) bond motifs is 1. The SMILES string of the molecule is CCCCCCN1C(=O)C(CC(=O)CCC)Sc2ccccc21. The quantitative estimate of drug-likeness (QED) is 0.607. The van der Waals surface area contributed by atoms with E-state index in [1.165, 1.54) is 12.8 Å². The van der Waals surface area contributed by atoms with Gasteiger partial charge in [-0.1, -0.05) is 45.2 Å². The second-order valence-corrected chi connectivity index (χ2v) is 7.36. The number of thioether (sulfide) groups is 1. The fourth-order valence-corrected chi connectivity index (χ4v) is 4.18. The molecule has 0 aromatic heterocycles. The van der Waals surface area contributed by atoms with Gasteiger partial charge in [-0.25, -0.2) is 0 Å². The Bertz CT molecular complexity index is 544. The summed E-state index contributed by atoms with van der Waals surface area (Å²) < 4.78 is 0. The number of nitrogens with zero attached hydrogens (tertiary/aromatic N) is 1. The maximum atomic E-state index is 12.8. The Balaban J connectivity index is 2.11. The van der Waals surface area contributed by atoms with Crippen molar-refractivity contribution in [2.45, 2.75) is 68.9 Å².